The van der Waals surface area contributed by atoms with Crippen LogP contribution < -0.4 is 5.32 Å². The molecule has 1 aliphatic carbocycles. The zero-order chi connectivity index (χ0) is 16.1. The predicted molar refractivity (Wildman–Crippen MR) is 88.5 cm³/mol. The molecule has 1 aromatic carbocycles. The molecule has 120 valence electrons. The van der Waals surface area contributed by atoms with E-state index in [4.69, 9.17) is 4.74 Å². The van der Waals surface area contributed by atoms with E-state index in [1.165, 1.54) is 6.42 Å². The predicted octanol–water partition coefficient (Wildman–Crippen LogP) is 3.55. The smallest absolute Gasteiger partial charge is 0.338 e. The fraction of sp³-hybridized carbons (Fsp3) is 0.529. The Kier molecular flexibility index (Phi) is 6.00. The van der Waals surface area contributed by atoms with Gasteiger partial charge in [-0.2, -0.15) is 0 Å². The van der Waals surface area contributed by atoms with Crippen molar-refractivity contribution in [2.45, 2.75) is 39.2 Å². The van der Waals surface area contributed by atoms with Crippen LogP contribution in [0.5, 0.6) is 0 Å². The Morgan fingerprint density at radius 3 is 2.82 bits per heavy atom. The summed E-state index contributed by atoms with van der Waals surface area (Å²) in [5.41, 5.74) is 0.432. The van der Waals surface area contributed by atoms with Crippen molar-refractivity contribution in [3.63, 3.8) is 0 Å². The molecule has 1 saturated carbocycles. The lowest BCUT2D eigenvalue weighted by Crippen LogP contribution is -2.45. The van der Waals surface area contributed by atoms with Crippen molar-refractivity contribution in [1.82, 2.24) is 5.32 Å². The van der Waals surface area contributed by atoms with E-state index in [0.717, 1.165) is 17.3 Å². The summed E-state index contributed by atoms with van der Waals surface area (Å²) in [6.07, 6.45) is 3.34. The fourth-order valence-electron chi connectivity index (χ4n) is 2.86. The lowest BCUT2D eigenvalue weighted by atomic mass is 9.78. The molecule has 0 spiro atoms. The second-order valence-corrected chi connectivity index (χ2v) is 6.94. The van der Waals surface area contributed by atoms with Gasteiger partial charge in [-0.05, 0) is 36.5 Å². The maximum atomic E-state index is 12.0. The van der Waals surface area contributed by atoms with Crippen LogP contribution in [0, 0.1) is 11.8 Å². The van der Waals surface area contributed by atoms with Crippen LogP contribution in [0.3, 0.4) is 0 Å². The molecule has 0 unspecified atom stereocenters. The van der Waals surface area contributed by atoms with Gasteiger partial charge in [0, 0.05) is 10.5 Å². The van der Waals surface area contributed by atoms with Gasteiger partial charge in [-0.15, -0.1) is 0 Å². The van der Waals surface area contributed by atoms with Gasteiger partial charge in [0.1, 0.15) is 0 Å². The zero-order valence-corrected chi connectivity index (χ0v) is 14.6. The molecule has 1 fully saturated rings. The van der Waals surface area contributed by atoms with Crippen molar-refractivity contribution < 1.29 is 14.3 Å². The maximum absolute atomic E-state index is 12.0. The summed E-state index contributed by atoms with van der Waals surface area (Å²) in [5, 5.41) is 2.99. The molecule has 0 aromatic heterocycles. The molecular formula is C17H22BrNO3. The number of carbonyl (C=O) groups excluding carboxylic acids is 2. The minimum atomic E-state index is -0.485. The fourth-order valence-corrected chi connectivity index (χ4v) is 3.26. The molecule has 0 bridgehead atoms. The highest BCUT2D eigenvalue weighted by molar-refractivity contribution is 9.10. The topological polar surface area (TPSA) is 55.4 Å². The molecule has 5 heteroatoms. The van der Waals surface area contributed by atoms with Gasteiger partial charge in [0.2, 0.25) is 0 Å². The largest absolute Gasteiger partial charge is 0.452 e. The zero-order valence-electron chi connectivity index (χ0n) is 13.0. The van der Waals surface area contributed by atoms with Crippen LogP contribution in [0.2, 0.25) is 0 Å². The Balaban J connectivity index is 1.81. The number of esters is 1. The summed E-state index contributed by atoms with van der Waals surface area (Å²) in [6.45, 7) is 4.15. The maximum Gasteiger partial charge on any atom is 0.338 e. The number of nitrogens with one attached hydrogen (secondary N) is 1. The van der Waals surface area contributed by atoms with Crippen LogP contribution >= 0.6 is 15.9 Å². The molecule has 22 heavy (non-hydrogen) atoms. The van der Waals surface area contributed by atoms with E-state index in [1.54, 1.807) is 18.2 Å². The molecule has 1 aromatic rings. The van der Waals surface area contributed by atoms with Gasteiger partial charge in [0.05, 0.1) is 5.56 Å². The number of hydrogen-bond acceptors (Lipinski definition) is 3. The first-order chi connectivity index (χ1) is 10.5. The van der Waals surface area contributed by atoms with E-state index in [-0.39, 0.29) is 18.6 Å². The van der Waals surface area contributed by atoms with Gasteiger partial charge >= 0.3 is 5.97 Å². The number of rotatable bonds is 4. The van der Waals surface area contributed by atoms with Crippen LogP contribution in [0.4, 0.5) is 0 Å². The Morgan fingerprint density at radius 1 is 1.32 bits per heavy atom. The van der Waals surface area contributed by atoms with Crippen molar-refractivity contribution in [2.24, 2.45) is 11.8 Å². The number of ether oxygens (including phenoxy) is 1. The number of hydrogen-bond donors (Lipinski definition) is 1. The Hall–Kier alpha value is -1.36. The van der Waals surface area contributed by atoms with Crippen molar-refractivity contribution in [3.05, 3.63) is 34.3 Å². The molecule has 0 saturated heterocycles. The number of benzene rings is 1. The highest BCUT2D eigenvalue weighted by atomic mass is 79.9. The third-order valence-corrected chi connectivity index (χ3v) is 4.94. The monoisotopic (exact) mass is 367 g/mol. The molecule has 0 aliphatic heterocycles. The first-order valence-corrected chi connectivity index (χ1v) is 8.48. The first kappa shape index (κ1) is 17.0. The van der Waals surface area contributed by atoms with E-state index in [1.807, 2.05) is 6.07 Å². The van der Waals surface area contributed by atoms with E-state index in [9.17, 15) is 9.59 Å². The first-order valence-electron chi connectivity index (χ1n) is 7.69. The Labute approximate surface area is 139 Å². The minimum absolute atomic E-state index is 0.181. The Bertz CT molecular complexity index is 546. The minimum Gasteiger partial charge on any atom is -0.452 e. The standard InChI is InChI=1S/C17H22BrNO3/c1-11-5-3-8-15(12(11)2)19-16(20)10-22-17(21)13-6-4-7-14(18)9-13/h4,6-7,9,11-12,15H,3,5,8,10H2,1-2H3,(H,19,20)/t11-,12+,15-/m0/s1. The van der Waals surface area contributed by atoms with E-state index in [2.05, 4.69) is 35.1 Å². The molecule has 0 heterocycles. The summed E-state index contributed by atoms with van der Waals surface area (Å²) in [6, 6.07) is 7.10. The second-order valence-electron chi connectivity index (χ2n) is 6.03. The van der Waals surface area contributed by atoms with Crippen LogP contribution in [0.1, 0.15) is 43.5 Å². The van der Waals surface area contributed by atoms with E-state index in [0.29, 0.717) is 17.4 Å². The lowest BCUT2D eigenvalue weighted by molar-refractivity contribution is -0.125. The molecular weight excluding hydrogens is 346 g/mol. The summed E-state index contributed by atoms with van der Waals surface area (Å²) in [7, 11) is 0. The van der Waals surface area contributed by atoms with Crippen LogP contribution in [-0.2, 0) is 9.53 Å². The lowest BCUT2D eigenvalue weighted by Gasteiger charge is -2.34. The summed E-state index contributed by atoms with van der Waals surface area (Å²) >= 11 is 3.30. The van der Waals surface area contributed by atoms with Gasteiger partial charge in [-0.1, -0.05) is 48.7 Å². The molecule has 1 aliphatic rings. The Morgan fingerprint density at radius 2 is 2.09 bits per heavy atom. The van der Waals surface area contributed by atoms with Crippen LogP contribution in [0.15, 0.2) is 28.7 Å². The highest BCUT2D eigenvalue weighted by Crippen LogP contribution is 2.29. The number of carbonyl (C=O) groups is 2. The van der Waals surface area contributed by atoms with Crippen LogP contribution in [-0.4, -0.2) is 24.5 Å². The summed E-state index contributed by atoms with van der Waals surface area (Å²) < 4.78 is 5.88. The van der Waals surface area contributed by atoms with Crippen molar-refractivity contribution in [1.29, 1.82) is 0 Å². The highest BCUT2D eigenvalue weighted by Gasteiger charge is 2.28. The van der Waals surface area contributed by atoms with E-state index >= 15 is 0 Å². The molecule has 1 amide bonds. The molecule has 1 N–H and O–H groups in total. The van der Waals surface area contributed by atoms with Crippen molar-refractivity contribution in [3.8, 4) is 0 Å². The average Bonchev–Trinajstić information content (AvgIpc) is 2.49. The third kappa shape index (κ3) is 4.57. The van der Waals surface area contributed by atoms with Crippen molar-refractivity contribution >= 4 is 27.8 Å². The molecule has 0 radical (unpaired) electrons. The SMILES string of the molecule is C[C@H]1[C@@H](NC(=O)COC(=O)c2cccc(Br)c2)CCC[C@@H]1C. The number of halogens is 1. The van der Waals surface area contributed by atoms with Crippen LogP contribution in [0.25, 0.3) is 0 Å². The number of amides is 1. The summed E-state index contributed by atoms with van der Waals surface area (Å²) in [5.74, 6) is 0.359. The normalized spacial score (nSPS) is 24.6. The molecule has 2 rings (SSSR count). The molecule has 4 nitrogen and oxygen atoms in total. The van der Waals surface area contributed by atoms with Gasteiger partial charge in [0.25, 0.3) is 5.91 Å². The van der Waals surface area contributed by atoms with Gasteiger partial charge < -0.3 is 10.1 Å². The van der Waals surface area contributed by atoms with Gasteiger partial charge in [0.15, 0.2) is 6.61 Å². The second kappa shape index (κ2) is 7.77. The summed E-state index contributed by atoms with van der Waals surface area (Å²) in [4.78, 5) is 23.9. The van der Waals surface area contributed by atoms with E-state index < -0.39 is 5.97 Å². The van der Waals surface area contributed by atoms with Gasteiger partial charge in [-0.25, -0.2) is 4.79 Å². The van der Waals surface area contributed by atoms with Gasteiger partial charge in [-0.3, -0.25) is 4.79 Å². The van der Waals surface area contributed by atoms with Crippen molar-refractivity contribution in [2.75, 3.05) is 6.61 Å². The third-order valence-electron chi connectivity index (χ3n) is 4.45. The quantitative estimate of drug-likeness (QED) is 0.827. The average molecular weight is 368 g/mol. The molecule has 3 atom stereocenters.